The molecule has 1 atom stereocenters. The molecule has 0 aromatic rings. The molecule has 1 aliphatic carbocycles. The van der Waals surface area contributed by atoms with Crippen LogP contribution in [0.15, 0.2) is 0 Å². The van der Waals surface area contributed by atoms with Crippen LogP contribution in [0.2, 0.25) is 0 Å². The van der Waals surface area contributed by atoms with E-state index in [1.165, 1.54) is 32.1 Å². The van der Waals surface area contributed by atoms with Crippen molar-refractivity contribution in [1.82, 2.24) is 10.2 Å². The number of hydrogen-bond acceptors (Lipinski definition) is 3. The van der Waals surface area contributed by atoms with Gasteiger partial charge in [-0.2, -0.15) is 0 Å². The predicted octanol–water partition coefficient (Wildman–Crippen LogP) is 2.48. The van der Waals surface area contributed by atoms with Gasteiger partial charge in [-0.05, 0) is 39.3 Å². The molecule has 0 aromatic carbocycles. The largest absolute Gasteiger partial charge is 0.480 e. The van der Waals surface area contributed by atoms with Crippen LogP contribution in [0.4, 0.5) is 0 Å². The molecule has 1 aliphatic rings. The fourth-order valence-electron chi connectivity index (χ4n) is 3.07. The van der Waals surface area contributed by atoms with Gasteiger partial charge in [-0.1, -0.05) is 33.1 Å². The van der Waals surface area contributed by atoms with Gasteiger partial charge in [-0.15, -0.1) is 0 Å². The van der Waals surface area contributed by atoms with E-state index in [9.17, 15) is 9.90 Å². The second kappa shape index (κ2) is 7.85. The molecule has 0 spiro atoms. The van der Waals surface area contributed by atoms with Gasteiger partial charge in [-0.25, -0.2) is 0 Å². The Morgan fingerprint density at radius 2 is 1.95 bits per heavy atom. The van der Waals surface area contributed by atoms with Gasteiger partial charge in [-0.3, -0.25) is 4.79 Å². The molecule has 1 saturated carbocycles. The maximum atomic E-state index is 11.4. The summed E-state index contributed by atoms with van der Waals surface area (Å²) in [5, 5.41) is 12.5. The molecule has 0 aliphatic heterocycles. The number of carboxylic acid groups (broad SMARTS) is 1. The molecule has 0 bridgehead atoms. The molecule has 0 radical (unpaired) electrons. The minimum atomic E-state index is -0.795. The van der Waals surface area contributed by atoms with E-state index in [1.807, 2.05) is 6.92 Å². The van der Waals surface area contributed by atoms with Gasteiger partial charge in [0.05, 0.1) is 0 Å². The van der Waals surface area contributed by atoms with Crippen molar-refractivity contribution in [2.75, 3.05) is 19.6 Å². The number of aliphatic carboxylic acids is 1. The fourth-order valence-corrected chi connectivity index (χ4v) is 3.07. The van der Waals surface area contributed by atoms with Crippen LogP contribution in [0, 0.1) is 0 Å². The third-order valence-electron chi connectivity index (χ3n) is 4.44. The minimum Gasteiger partial charge on any atom is -0.480 e. The zero-order valence-electron chi connectivity index (χ0n) is 12.7. The third-order valence-corrected chi connectivity index (χ3v) is 4.44. The zero-order chi connectivity index (χ0) is 14.3. The third kappa shape index (κ3) is 4.77. The van der Waals surface area contributed by atoms with E-state index >= 15 is 0 Å². The average Bonchev–Trinajstić information content (AvgIpc) is 2.41. The highest BCUT2D eigenvalue weighted by Crippen LogP contribution is 2.23. The van der Waals surface area contributed by atoms with Crippen molar-refractivity contribution in [3.8, 4) is 0 Å². The first-order chi connectivity index (χ1) is 9.03. The van der Waals surface area contributed by atoms with Crippen molar-refractivity contribution in [2.45, 2.75) is 70.9 Å². The lowest BCUT2D eigenvalue weighted by molar-refractivity contribution is -0.144. The number of carbonyl (C=O) groups is 1. The molecule has 1 unspecified atom stereocenters. The first-order valence-corrected chi connectivity index (χ1v) is 7.76. The second-order valence-corrected chi connectivity index (χ2v) is 5.84. The molecule has 19 heavy (non-hydrogen) atoms. The molecular formula is C15H30N2O2. The van der Waals surface area contributed by atoms with Gasteiger partial charge < -0.3 is 15.3 Å². The summed E-state index contributed by atoms with van der Waals surface area (Å²) in [6.45, 7) is 8.52. The van der Waals surface area contributed by atoms with Crippen molar-refractivity contribution in [3.63, 3.8) is 0 Å². The summed E-state index contributed by atoms with van der Waals surface area (Å²) in [4.78, 5) is 13.9. The van der Waals surface area contributed by atoms with Gasteiger partial charge in [0.25, 0.3) is 0 Å². The van der Waals surface area contributed by atoms with Gasteiger partial charge in [0.1, 0.15) is 5.54 Å². The Balaban J connectivity index is 2.52. The van der Waals surface area contributed by atoms with E-state index in [2.05, 4.69) is 17.1 Å². The van der Waals surface area contributed by atoms with Crippen molar-refractivity contribution >= 4 is 5.97 Å². The Morgan fingerprint density at radius 3 is 2.42 bits per heavy atom. The topological polar surface area (TPSA) is 52.6 Å². The number of nitrogens with zero attached hydrogens (tertiary/aromatic N) is 1. The van der Waals surface area contributed by atoms with Crippen molar-refractivity contribution in [1.29, 1.82) is 0 Å². The highest BCUT2D eigenvalue weighted by molar-refractivity contribution is 5.78. The van der Waals surface area contributed by atoms with Gasteiger partial charge in [0, 0.05) is 12.6 Å². The molecule has 4 nitrogen and oxygen atoms in total. The van der Waals surface area contributed by atoms with E-state index in [1.54, 1.807) is 6.92 Å². The lowest BCUT2D eigenvalue weighted by Gasteiger charge is -2.36. The molecule has 2 N–H and O–H groups in total. The quantitative estimate of drug-likeness (QED) is 0.711. The van der Waals surface area contributed by atoms with Gasteiger partial charge >= 0.3 is 5.97 Å². The van der Waals surface area contributed by atoms with Crippen LogP contribution in [0.1, 0.15) is 59.3 Å². The highest BCUT2D eigenvalue weighted by Gasteiger charge is 2.33. The fraction of sp³-hybridized carbons (Fsp3) is 0.933. The number of nitrogens with one attached hydrogen (secondary N) is 1. The van der Waals surface area contributed by atoms with Crippen molar-refractivity contribution < 1.29 is 9.90 Å². The molecule has 0 saturated heterocycles. The van der Waals surface area contributed by atoms with Gasteiger partial charge in [0.15, 0.2) is 0 Å². The molecule has 0 aromatic heterocycles. The maximum Gasteiger partial charge on any atom is 0.323 e. The van der Waals surface area contributed by atoms with E-state index in [0.29, 0.717) is 19.0 Å². The Morgan fingerprint density at radius 1 is 1.32 bits per heavy atom. The summed E-state index contributed by atoms with van der Waals surface area (Å²) >= 11 is 0. The zero-order valence-corrected chi connectivity index (χ0v) is 12.7. The highest BCUT2D eigenvalue weighted by atomic mass is 16.4. The van der Waals surface area contributed by atoms with Crippen LogP contribution in [0.3, 0.4) is 0 Å². The Labute approximate surface area is 117 Å². The molecule has 0 heterocycles. The number of likely N-dealkylation sites (N-methyl/N-ethyl adjacent to an activating group) is 1. The number of carboxylic acids is 1. The first kappa shape index (κ1) is 16.4. The number of hydrogen-bond donors (Lipinski definition) is 2. The molecule has 1 fully saturated rings. The normalized spacial score (nSPS) is 20.4. The molecule has 112 valence electrons. The molecule has 0 amide bonds. The lowest BCUT2D eigenvalue weighted by Crippen LogP contribution is -2.52. The lowest BCUT2D eigenvalue weighted by atomic mass is 9.92. The smallest absolute Gasteiger partial charge is 0.323 e. The van der Waals surface area contributed by atoms with Gasteiger partial charge in [0.2, 0.25) is 0 Å². The number of rotatable bonds is 8. The summed E-state index contributed by atoms with van der Waals surface area (Å²) in [7, 11) is 0. The van der Waals surface area contributed by atoms with Crippen LogP contribution in [0.25, 0.3) is 0 Å². The van der Waals surface area contributed by atoms with Crippen LogP contribution in [-0.2, 0) is 4.79 Å². The predicted molar refractivity (Wildman–Crippen MR) is 78.5 cm³/mol. The van der Waals surface area contributed by atoms with E-state index in [-0.39, 0.29) is 0 Å². The molecule has 1 rings (SSSR count). The summed E-state index contributed by atoms with van der Waals surface area (Å²) in [5.74, 6) is -0.742. The van der Waals surface area contributed by atoms with Crippen LogP contribution >= 0.6 is 0 Å². The van der Waals surface area contributed by atoms with Crippen LogP contribution in [0.5, 0.6) is 0 Å². The average molecular weight is 270 g/mol. The maximum absolute atomic E-state index is 11.4. The Kier molecular flexibility index (Phi) is 6.80. The Bertz CT molecular complexity index is 277. The standard InChI is InChI=1S/C15H30N2O2/c1-4-16-15(3,14(18)19)11-12-17(5-2)13-9-7-6-8-10-13/h13,16H,4-12H2,1-3H3,(H,18,19). The SMILES string of the molecule is CCNC(C)(CCN(CC)C1CCCCC1)C(=O)O. The molecule has 4 heteroatoms. The molecular weight excluding hydrogens is 240 g/mol. The van der Waals surface area contributed by atoms with Crippen molar-refractivity contribution in [2.24, 2.45) is 0 Å². The monoisotopic (exact) mass is 270 g/mol. The minimum absolute atomic E-state index is 0.665. The Hall–Kier alpha value is -0.610. The van der Waals surface area contributed by atoms with Crippen LogP contribution in [-0.4, -0.2) is 47.2 Å². The summed E-state index contributed by atoms with van der Waals surface area (Å²) < 4.78 is 0. The van der Waals surface area contributed by atoms with Crippen molar-refractivity contribution in [3.05, 3.63) is 0 Å². The second-order valence-electron chi connectivity index (χ2n) is 5.84. The summed E-state index contributed by atoms with van der Waals surface area (Å²) in [6.07, 6.45) is 7.23. The summed E-state index contributed by atoms with van der Waals surface area (Å²) in [5.41, 5.74) is -0.795. The van der Waals surface area contributed by atoms with E-state index in [0.717, 1.165) is 13.1 Å². The first-order valence-electron chi connectivity index (χ1n) is 7.76. The van der Waals surface area contributed by atoms with E-state index in [4.69, 9.17) is 0 Å². The van der Waals surface area contributed by atoms with Crippen LogP contribution < -0.4 is 5.32 Å². The summed E-state index contributed by atoms with van der Waals surface area (Å²) in [6, 6.07) is 0.665. The van der Waals surface area contributed by atoms with E-state index < -0.39 is 11.5 Å².